The molecule has 3 aromatic carbocycles. The molecule has 0 heterocycles. The first-order chi connectivity index (χ1) is 16.4. The van der Waals surface area contributed by atoms with Gasteiger partial charge in [-0.3, -0.25) is 4.79 Å². The Hall–Kier alpha value is -3.89. The Morgan fingerprint density at radius 3 is 2.21 bits per heavy atom. The van der Waals surface area contributed by atoms with E-state index in [9.17, 15) is 18.5 Å². The van der Waals surface area contributed by atoms with Crippen molar-refractivity contribution in [1.82, 2.24) is 0 Å². The van der Waals surface area contributed by atoms with E-state index in [1.165, 1.54) is 25.3 Å². The number of hydrogen-bond acceptors (Lipinski definition) is 5. The molecule has 6 nitrogen and oxygen atoms in total. The Morgan fingerprint density at radius 1 is 1.00 bits per heavy atom. The minimum atomic E-state index is -4.27. The molecule has 0 radical (unpaired) electrons. The lowest BCUT2D eigenvalue weighted by molar-refractivity contribution is -0.113. The summed E-state index contributed by atoms with van der Waals surface area (Å²) in [5, 5.41) is 9.75. The summed E-state index contributed by atoms with van der Waals surface area (Å²) >= 11 is 0. The van der Waals surface area contributed by atoms with E-state index in [1.807, 2.05) is 18.2 Å². The highest BCUT2D eigenvalue weighted by atomic mass is 32.2. The van der Waals surface area contributed by atoms with Gasteiger partial charge in [-0.15, -0.1) is 0 Å². The van der Waals surface area contributed by atoms with Crippen molar-refractivity contribution in [2.45, 2.75) is 31.1 Å². The number of ether oxygens (including phenoxy) is 1. The van der Waals surface area contributed by atoms with E-state index in [1.54, 1.807) is 54.6 Å². The molecule has 3 aromatic rings. The lowest BCUT2D eigenvalue weighted by Crippen LogP contribution is -2.37. The third-order valence-corrected chi connectivity index (χ3v) is 6.96. The van der Waals surface area contributed by atoms with Crippen molar-refractivity contribution < 1.29 is 17.9 Å². The Balaban J connectivity index is 2.07. The van der Waals surface area contributed by atoms with Crippen molar-refractivity contribution in [3.8, 4) is 11.8 Å². The first-order valence-electron chi connectivity index (χ1n) is 10.9. The van der Waals surface area contributed by atoms with Crippen LogP contribution in [-0.4, -0.2) is 21.4 Å². The SMILES string of the molecule is CCCCc1ccc(N(C(=O)/C(C#N)=C/c2ccc(OC)cc2)S(=O)(=O)c2ccccc2)cc1. The number of nitrogens with zero attached hydrogens (tertiary/aromatic N) is 2. The highest BCUT2D eigenvalue weighted by Crippen LogP contribution is 2.27. The zero-order valence-electron chi connectivity index (χ0n) is 19.1. The molecular formula is C27H26N2O4S. The van der Waals surface area contributed by atoms with Gasteiger partial charge in [-0.25, -0.2) is 8.42 Å². The molecule has 0 unspecified atom stereocenters. The molecule has 0 saturated heterocycles. The van der Waals surface area contributed by atoms with Gasteiger partial charge in [-0.2, -0.15) is 9.57 Å². The smallest absolute Gasteiger partial charge is 0.282 e. The van der Waals surface area contributed by atoms with Crippen LogP contribution >= 0.6 is 0 Å². The Bertz CT molecular complexity index is 1290. The van der Waals surface area contributed by atoms with Gasteiger partial charge < -0.3 is 4.74 Å². The average Bonchev–Trinajstić information content (AvgIpc) is 2.87. The quantitative estimate of drug-likeness (QED) is 0.307. The zero-order chi connectivity index (χ0) is 24.6. The summed E-state index contributed by atoms with van der Waals surface area (Å²) < 4.78 is 32.9. The fourth-order valence-corrected chi connectivity index (χ4v) is 4.79. The summed E-state index contributed by atoms with van der Waals surface area (Å²) in [5.41, 5.74) is 1.48. The van der Waals surface area contributed by atoms with Gasteiger partial charge in [0.25, 0.3) is 15.9 Å². The molecule has 0 bridgehead atoms. The van der Waals surface area contributed by atoms with Crippen LogP contribution < -0.4 is 9.04 Å². The number of benzene rings is 3. The number of methoxy groups -OCH3 is 1. The molecule has 0 aliphatic carbocycles. The zero-order valence-corrected chi connectivity index (χ0v) is 20.0. The second-order valence-corrected chi connectivity index (χ2v) is 9.39. The van der Waals surface area contributed by atoms with Gasteiger partial charge in [0.2, 0.25) is 0 Å². The third-order valence-electron chi connectivity index (χ3n) is 5.23. The summed E-state index contributed by atoms with van der Waals surface area (Å²) in [6.07, 6.45) is 4.27. The Morgan fingerprint density at radius 2 is 1.65 bits per heavy atom. The van der Waals surface area contributed by atoms with E-state index < -0.39 is 15.9 Å². The van der Waals surface area contributed by atoms with Crippen molar-refractivity contribution in [3.63, 3.8) is 0 Å². The molecule has 0 atom stereocenters. The molecular weight excluding hydrogens is 448 g/mol. The summed E-state index contributed by atoms with van der Waals surface area (Å²) in [6.45, 7) is 2.10. The summed E-state index contributed by atoms with van der Waals surface area (Å²) in [7, 11) is -2.73. The minimum absolute atomic E-state index is 0.0415. The highest BCUT2D eigenvalue weighted by Gasteiger charge is 2.33. The van der Waals surface area contributed by atoms with E-state index in [-0.39, 0.29) is 16.2 Å². The van der Waals surface area contributed by atoms with Gasteiger partial charge in [-0.1, -0.05) is 55.8 Å². The van der Waals surface area contributed by atoms with Crippen molar-refractivity contribution in [3.05, 3.63) is 95.6 Å². The highest BCUT2D eigenvalue weighted by molar-refractivity contribution is 7.93. The number of anilines is 1. The molecule has 7 heteroatoms. The molecule has 0 aromatic heterocycles. The van der Waals surface area contributed by atoms with Gasteiger partial charge in [0.1, 0.15) is 17.4 Å². The van der Waals surface area contributed by atoms with Crippen LogP contribution in [0.4, 0.5) is 5.69 Å². The largest absolute Gasteiger partial charge is 0.497 e. The fourth-order valence-electron chi connectivity index (χ4n) is 3.36. The number of sulfonamides is 1. The van der Waals surface area contributed by atoms with Gasteiger partial charge in [0.05, 0.1) is 17.7 Å². The van der Waals surface area contributed by atoms with Gasteiger partial charge in [0.15, 0.2) is 0 Å². The van der Waals surface area contributed by atoms with Crippen LogP contribution in [0.2, 0.25) is 0 Å². The van der Waals surface area contributed by atoms with Crippen LogP contribution in [0.5, 0.6) is 5.75 Å². The number of carbonyl (C=O) groups excluding carboxylic acids is 1. The number of nitriles is 1. The van der Waals surface area contributed by atoms with Gasteiger partial charge in [-0.05, 0) is 66.4 Å². The molecule has 174 valence electrons. The topological polar surface area (TPSA) is 87.5 Å². The van der Waals surface area contributed by atoms with Crippen LogP contribution in [0.1, 0.15) is 30.9 Å². The molecule has 0 aliphatic rings. The second-order valence-electron chi connectivity index (χ2n) is 7.60. The maximum Gasteiger partial charge on any atom is 0.282 e. The lowest BCUT2D eigenvalue weighted by Gasteiger charge is -2.22. The lowest BCUT2D eigenvalue weighted by atomic mass is 10.1. The predicted octanol–water partition coefficient (Wildman–Crippen LogP) is 5.37. The van der Waals surface area contributed by atoms with E-state index in [4.69, 9.17) is 4.74 Å². The number of unbranched alkanes of at least 4 members (excludes halogenated alkanes) is 1. The maximum absolute atomic E-state index is 13.5. The molecule has 0 saturated carbocycles. The number of carbonyl (C=O) groups is 1. The number of amides is 1. The summed E-state index contributed by atoms with van der Waals surface area (Å²) in [5.74, 6) is -0.304. The second kappa shape index (κ2) is 11.3. The van der Waals surface area contributed by atoms with Crippen LogP contribution in [-0.2, 0) is 21.2 Å². The van der Waals surface area contributed by atoms with Crippen LogP contribution in [0.15, 0.2) is 89.3 Å². The average molecular weight is 475 g/mol. The Kier molecular flexibility index (Phi) is 8.23. The maximum atomic E-state index is 13.5. The van der Waals surface area contributed by atoms with Crippen molar-refractivity contribution in [2.24, 2.45) is 0 Å². The van der Waals surface area contributed by atoms with Crippen LogP contribution in [0.3, 0.4) is 0 Å². The molecule has 0 N–H and O–H groups in total. The van der Waals surface area contributed by atoms with E-state index in [0.717, 1.165) is 24.8 Å². The standard InChI is InChI=1S/C27H26N2O4S/c1-3-4-8-21-11-15-24(16-12-21)29(34(31,32)26-9-6-5-7-10-26)27(30)23(20-28)19-22-13-17-25(33-2)18-14-22/h5-7,9-19H,3-4,8H2,1-2H3/b23-19+. The normalized spacial score (nSPS) is 11.5. The van der Waals surface area contributed by atoms with Crippen LogP contribution in [0.25, 0.3) is 6.08 Å². The molecule has 0 fully saturated rings. The van der Waals surface area contributed by atoms with Crippen molar-refractivity contribution >= 4 is 27.7 Å². The van der Waals surface area contributed by atoms with E-state index in [2.05, 4.69) is 6.92 Å². The molecule has 3 rings (SSSR count). The fraction of sp³-hybridized carbons (Fsp3) is 0.185. The first-order valence-corrected chi connectivity index (χ1v) is 12.3. The minimum Gasteiger partial charge on any atom is -0.497 e. The van der Waals surface area contributed by atoms with Crippen molar-refractivity contribution in [1.29, 1.82) is 5.26 Å². The monoisotopic (exact) mass is 474 g/mol. The number of rotatable bonds is 9. The molecule has 34 heavy (non-hydrogen) atoms. The number of hydrogen-bond donors (Lipinski definition) is 0. The third kappa shape index (κ3) is 5.72. The van der Waals surface area contributed by atoms with E-state index in [0.29, 0.717) is 15.6 Å². The first kappa shape index (κ1) is 24.7. The predicted molar refractivity (Wildman–Crippen MR) is 133 cm³/mol. The molecule has 0 spiro atoms. The summed E-state index contributed by atoms with van der Waals surface area (Å²) in [4.78, 5) is 13.5. The van der Waals surface area contributed by atoms with Gasteiger partial charge >= 0.3 is 0 Å². The van der Waals surface area contributed by atoms with Crippen LogP contribution in [0, 0.1) is 11.3 Å². The molecule has 1 amide bonds. The number of aryl methyl sites for hydroxylation is 1. The van der Waals surface area contributed by atoms with E-state index >= 15 is 0 Å². The van der Waals surface area contributed by atoms with Crippen molar-refractivity contribution in [2.75, 3.05) is 11.4 Å². The summed E-state index contributed by atoms with van der Waals surface area (Å²) in [6, 6.07) is 23.1. The molecule has 0 aliphatic heterocycles. The van der Waals surface area contributed by atoms with Gasteiger partial charge in [0, 0.05) is 0 Å². The Labute approximate surface area is 200 Å².